The Labute approximate surface area is 85.0 Å². The zero-order valence-electron chi connectivity index (χ0n) is 6.98. The maximum absolute atomic E-state index is 9.50. The van der Waals surface area contributed by atoms with Gasteiger partial charge in [-0.15, -0.1) is 0 Å². The summed E-state index contributed by atoms with van der Waals surface area (Å²) in [5.74, 6) is 0. The van der Waals surface area contributed by atoms with Crippen molar-refractivity contribution in [2.75, 3.05) is 7.11 Å². The average molecular weight is 288 g/mol. The molecule has 0 saturated carbocycles. The fraction of sp³-hybridized carbons (Fsp3) is 1.00. The molecule has 4 nitrogen and oxygen atoms in total. The van der Waals surface area contributed by atoms with E-state index in [-0.39, 0.29) is 10.0 Å². The first-order valence-electron chi connectivity index (χ1n) is 3.76. The zero-order chi connectivity index (χ0) is 9.30. The number of halogens is 1. The highest BCUT2D eigenvalue weighted by atomic mass is 127. The lowest BCUT2D eigenvalue weighted by Gasteiger charge is -2.38. The molecule has 1 saturated heterocycles. The fourth-order valence-electron chi connectivity index (χ4n) is 1.18. The number of hydrogen-bond acceptors (Lipinski definition) is 4. The van der Waals surface area contributed by atoms with Gasteiger partial charge in [-0.25, -0.2) is 0 Å². The molecule has 0 aromatic heterocycles. The summed E-state index contributed by atoms with van der Waals surface area (Å²) in [6.45, 7) is 1.71. The topological polar surface area (TPSA) is 58.9 Å². The first-order chi connectivity index (χ1) is 5.57. The van der Waals surface area contributed by atoms with Crippen molar-refractivity contribution in [3.63, 3.8) is 0 Å². The third-order valence-corrected chi connectivity index (χ3v) is 3.32. The van der Waals surface area contributed by atoms with Gasteiger partial charge in [0.05, 0.1) is 16.1 Å². The summed E-state index contributed by atoms with van der Waals surface area (Å²) < 4.78 is 10.1. The van der Waals surface area contributed by atoms with Crippen molar-refractivity contribution in [3.8, 4) is 0 Å². The second kappa shape index (κ2) is 4.19. The summed E-state index contributed by atoms with van der Waals surface area (Å²) in [4.78, 5) is 0. The molecule has 5 atom stereocenters. The van der Waals surface area contributed by atoms with Gasteiger partial charge >= 0.3 is 0 Å². The Bertz CT molecular complexity index is 150. The molecule has 0 aromatic rings. The van der Waals surface area contributed by atoms with Crippen molar-refractivity contribution in [2.24, 2.45) is 0 Å². The van der Waals surface area contributed by atoms with E-state index in [4.69, 9.17) is 9.47 Å². The molecule has 0 aliphatic carbocycles. The van der Waals surface area contributed by atoms with Crippen LogP contribution in [0.4, 0.5) is 0 Å². The third kappa shape index (κ3) is 1.90. The van der Waals surface area contributed by atoms with Crippen LogP contribution in [0, 0.1) is 0 Å². The van der Waals surface area contributed by atoms with Gasteiger partial charge in [0.2, 0.25) is 0 Å². The molecule has 1 aliphatic rings. The van der Waals surface area contributed by atoms with E-state index >= 15 is 0 Å². The van der Waals surface area contributed by atoms with Gasteiger partial charge in [-0.2, -0.15) is 0 Å². The van der Waals surface area contributed by atoms with E-state index in [0.717, 1.165) is 0 Å². The molecule has 0 radical (unpaired) electrons. The number of alkyl halides is 1. The highest BCUT2D eigenvalue weighted by Gasteiger charge is 2.41. The van der Waals surface area contributed by atoms with E-state index in [2.05, 4.69) is 0 Å². The monoisotopic (exact) mass is 288 g/mol. The van der Waals surface area contributed by atoms with Crippen LogP contribution in [0.15, 0.2) is 0 Å². The predicted octanol–water partition coefficient (Wildman–Crippen LogP) is -0.0970. The summed E-state index contributed by atoms with van der Waals surface area (Å²) >= 11 is 2.01. The van der Waals surface area contributed by atoms with Crippen LogP contribution in [-0.2, 0) is 9.47 Å². The molecule has 72 valence electrons. The van der Waals surface area contributed by atoms with Gasteiger partial charge in [-0.05, 0) is 6.92 Å². The molecule has 0 unspecified atom stereocenters. The predicted molar refractivity (Wildman–Crippen MR) is 51.2 cm³/mol. The second-order valence-corrected chi connectivity index (χ2v) is 4.31. The molecule has 1 aliphatic heterocycles. The molecule has 0 amide bonds. The van der Waals surface area contributed by atoms with Crippen LogP contribution in [0.2, 0.25) is 0 Å². The Hall–Kier alpha value is 0.570. The van der Waals surface area contributed by atoms with Crippen molar-refractivity contribution in [3.05, 3.63) is 0 Å². The number of aliphatic hydroxyl groups excluding tert-OH is 2. The number of hydrogen-bond donors (Lipinski definition) is 2. The van der Waals surface area contributed by atoms with Crippen LogP contribution < -0.4 is 0 Å². The summed E-state index contributed by atoms with van der Waals surface area (Å²) in [7, 11) is 1.52. The Kier molecular flexibility index (Phi) is 3.72. The van der Waals surface area contributed by atoms with Crippen LogP contribution in [0.3, 0.4) is 0 Å². The number of ether oxygens (including phenoxy) is 2. The summed E-state index contributed by atoms with van der Waals surface area (Å²) in [5.41, 5.74) is 0. The molecule has 0 spiro atoms. The molecule has 1 heterocycles. The van der Waals surface area contributed by atoms with Gasteiger partial charge < -0.3 is 19.7 Å². The quantitative estimate of drug-likeness (QED) is 0.523. The number of methoxy groups -OCH3 is 1. The first-order valence-corrected chi connectivity index (χ1v) is 5.01. The van der Waals surface area contributed by atoms with Gasteiger partial charge in [0.25, 0.3) is 0 Å². The molecule has 5 heteroatoms. The van der Waals surface area contributed by atoms with E-state index < -0.39 is 18.5 Å². The zero-order valence-corrected chi connectivity index (χ0v) is 9.13. The largest absolute Gasteiger partial charge is 0.389 e. The van der Waals surface area contributed by atoms with E-state index in [1.807, 2.05) is 22.6 Å². The maximum atomic E-state index is 9.50. The summed E-state index contributed by atoms with van der Waals surface area (Å²) in [5, 5.41) is 18.9. The molecular weight excluding hydrogens is 275 g/mol. The number of rotatable bonds is 1. The Morgan fingerprint density at radius 1 is 1.33 bits per heavy atom. The highest BCUT2D eigenvalue weighted by molar-refractivity contribution is 14.1. The van der Waals surface area contributed by atoms with Crippen molar-refractivity contribution in [1.29, 1.82) is 0 Å². The molecule has 0 bridgehead atoms. The fourth-order valence-corrected chi connectivity index (χ4v) is 2.07. The van der Waals surface area contributed by atoms with E-state index in [0.29, 0.717) is 0 Å². The van der Waals surface area contributed by atoms with Crippen molar-refractivity contribution < 1.29 is 19.7 Å². The van der Waals surface area contributed by atoms with Crippen LogP contribution in [-0.4, -0.2) is 45.8 Å². The molecule has 2 N–H and O–H groups in total. The SMILES string of the molecule is CO[C@H]1O[C@@H](C)[C@@H](O)[C@@H](O)[C@@H]1I. The minimum absolute atomic E-state index is 0.223. The van der Waals surface area contributed by atoms with Crippen LogP contribution in [0.5, 0.6) is 0 Å². The molecule has 12 heavy (non-hydrogen) atoms. The molecule has 1 fully saturated rings. The Morgan fingerprint density at radius 3 is 2.42 bits per heavy atom. The average Bonchev–Trinajstić information content (AvgIpc) is 2.08. The van der Waals surface area contributed by atoms with Crippen molar-refractivity contribution in [1.82, 2.24) is 0 Å². The Morgan fingerprint density at radius 2 is 1.92 bits per heavy atom. The lowest BCUT2D eigenvalue weighted by molar-refractivity contribution is -0.229. The molecular formula is C7H13IO4. The second-order valence-electron chi connectivity index (χ2n) is 2.87. The van der Waals surface area contributed by atoms with Gasteiger partial charge in [-0.3, -0.25) is 0 Å². The smallest absolute Gasteiger partial charge is 0.171 e. The van der Waals surface area contributed by atoms with Gasteiger partial charge in [0.15, 0.2) is 6.29 Å². The third-order valence-electron chi connectivity index (χ3n) is 2.00. The highest BCUT2D eigenvalue weighted by Crippen LogP contribution is 2.26. The standard InChI is InChI=1S/C7H13IO4/c1-3-5(9)6(10)4(8)7(11-2)12-3/h3-7,9-10H,1-2H3/t3-,4-,5+,6-,7-/m0/s1. The van der Waals surface area contributed by atoms with E-state index in [1.165, 1.54) is 7.11 Å². The van der Waals surface area contributed by atoms with Crippen molar-refractivity contribution in [2.45, 2.75) is 35.5 Å². The maximum Gasteiger partial charge on any atom is 0.171 e. The van der Waals surface area contributed by atoms with Gasteiger partial charge in [0.1, 0.15) is 6.10 Å². The summed E-state index contributed by atoms with van der Waals surface area (Å²) in [6, 6.07) is 0. The van der Waals surface area contributed by atoms with E-state index in [9.17, 15) is 10.2 Å². The minimum atomic E-state index is -0.821. The Balaban J connectivity index is 2.63. The molecule has 1 rings (SSSR count). The van der Waals surface area contributed by atoms with Crippen LogP contribution in [0.25, 0.3) is 0 Å². The lowest BCUT2D eigenvalue weighted by atomic mass is 10.0. The minimum Gasteiger partial charge on any atom is -0.389 e. The molecule has 0 aromatic carbocycles. The van der Waals surface area contributed by atoms with Crippen molar-refractivity contribution >= 4 is 22.6 Å². The van der Waals surface area contributed by atoms with Crippen LogP contribution in [0.1, 0.15) is 6.92 Å². The number of aliphatic hydroxyl groups is 2. The summed E-state index contributed by atoms with van der Waals surface area (Å²) in [6.07, 6.45) is -2.41. The lowest BCUT2D eigenvalue weighted by Crippen LogP contribution is -2.54. The van der Waals surface area contributed by atoms with Gasteiger partial charge in [-0.1, -0.05) is 22.6 Å². The van der Waals surface area contributed by atoms with E-state index in [1.54, 1.807) is 6.92 Å². The van der Waals surface area contributed by atoms with Crippen LogP contribution >= 0.6 is 22.6 Å². The van der Waals surface area contributed by atoms with Gasteiger partial charge in [0, 0.05) is 7.11 Å². The normalized spacial score (nSPS) is 49.2. The first kappa shape index (κ1) is 10.6.